The fraction of sp³-hybridized carbons (Fsp3) is 0.545. The fourth-order valence-electron chi connectivity index (χ4n) is 1.43. The van der Waals surface area contributed by atoms with Gasteiger partial charge in [-0.3, -0.25) is 4.79 Å². The lowest BCUT2D eigenvalue weighted by Crippen LogP contribution is -2.18. The number of hydrogen-bond acceptors (Lipinski definition) is 3. The summed E-state index contributed by atoms with van der Waals surface area (Å²) >= 11 is 0. The molecule has 4 nitrogen and oxygen atoms in total. The largest absolute Gasteiger partial charge is 0.481 e. The highest BCUT2D eigenvalue weighted by molar-refractivity contribution is 5.66. The summed E-state index contributed by atoms with van der Waals surface area (Å²) in [5.74, 6) is -0.715. The highest BCUT2D eigenvalue weighted by Crippen LogP contribution is 2.05. The number of carbonyl (C=O) groups is 1. The summed E-state index contributed by atoms with van der Waals surface area (Å²) in [6.07, 6.45) is 5.31. The average molecular weight is 211 g/mol. The third kappa shape index (κ3) is 5.22. The van der Waals surface area contributed by atoms with Crippen molar-refractivity contribution in [3.8, 4) is 0 Å². The Bertz CT molecular complexity index is 282. The van der Waals surface area contributed by atoms with Gasteiger partial charge in [-0.25, -0.2) is 0 Å². The molecular formula is C11H17NO3. The third-order valence-corrected chi connectivity index (χ3v) is 2.21. The van der Waals surface area contributed by atoms with Gasteiger partial charge >= 0.3 is 5.97 Å². The normalized spacial score (nSPS) is 10.8. The molecule has 4 heteroatoms. The molecule has 0 saturated carbocycles. The van der Waals surface area contributed by atoms with Gasteiger partial charge in [-0.05, 0) is 32.5 Å². The second-order valence-electron chi connectivity index (χ2n) is 3.72. The smallest absolute Gasteiger partial charge is 0.303 e. The van der Waals surface area contributed by atoms with Crippen LogP contribution in [-0.4, -0.2) is 29.6 Å². The van der Waals surface area contributed by atoms with Gasteiger partial charge in [-0.2, -0.15) is 0 Å². The van der Waals surface area contributed by atoms with Gasteiger partial charge in [0.05, 0.1) is 12.5 Å². The zero-order valence-electron chi connectivity index (χ0n) is 8.98. The van der Waals surface area contributed by atoms with Crippen molar-refractivity contribution in [1.29, 1.82) is 0 Å². The molecule has 0 spiro atoms. The Morgan fingerprint density at radius 2 is 2.33 bits per heavy atom. The summed E-state index contributed by atoms with van der Waals surface area (Å²) in [6.45, 7) is 1.77. The van der Waals surface area contributed by atoms with Crippen molar-refractivity contribution in [3.63, 3.8) is 0 Å². The predicted octanol–water partition coefficient (Wildman–Crippen LogP) is 1.97. The molecule has 1 heterocycles. The summed E-state index contributed by atoms with van der Waals surface area (Å²) in [6, 6.07) is 1.94. The van der Waals surface area contributed by atoms with Crippen molar-refractivity contribution < 1.29 is 14.3 Å². The third-order valence-electron chi connectivity index (χ3n) is 2.21. The Morgan fingerprint density at radius 1 is 1.53 bits per heavy atom. The summed E-state index contributed by atoms with van der Waals surface area (Å²) in [5.41, 5.74) is 1.15. The van der Waals surface area contributed by atoms with E-state index in [1.807, 2.05) is 13.1 Å². The van der Waals surface area contributed by atoms with Crippen LogP contribution < -0.4 is 0 Å². The highest BCUT2D eigenvalue weighted by Gasteiger charge is 2.02. The molecule has 0 fully saturated rings. The van der Waals surface area contributed by atoms with Gasteiger partial charge < -0.3 is 14.4 Å². The van der Waals surface area contributed by atoms with Crippen molar-refractivity contribution in [2.45, 2.75) is 25.8 Å². The van der Waals surface area contributed by atoms with Gasteiger partial charge in [0, 0.05) is 18.5 Å². The van der Waals surface area contributed by atoms with E-state index in [2.05, 4.69) is 4.90 Å². The standard InChI is InChI=1S/C11H17NO3/c1-12(6-3-2-4-11(13)14)8-10-5-7-15-9-10/h5,7,9H,2-4,6,8H2,1H3,(H,13,14). The molecule has 15 heavy (non-hydrogen) atoms. The molecule has 0 unspecified atom stereocenters. The predicted molar refractivity (Wildman–Crippen MR) is 56.5 cm³/mol. The maximum absolute atomic E-state index is 10.3. The SMILES string of the molecule is CN(CCCCC(=O)O)Cc1ccoc1. The molecular weight excluding hydrogens is 194 g/mol. The van der Waals surface area contributed by atoms with E-state index in [1.165, 1.54) is 0 Å². The summed E-state index contributed by atoms with van der Waals surface area (Å²) in [7, 11) is 2.02. The molecule has 0 aliphatic rings. The molecule has 1 N–H and O–H groups in total. The summed E-state index contributed by atoms with van der Waals surface area (Å²) in [4.78, 5) is 12.4. The van der Waals surface area contributed by atoms with Gasteiger partial charge in [0.1, 0.15) is 0 Å². The van der Waals surface area contributed by atoms with Crippen LogP contribution in [0, 0.1) is 0 Å². The lowest BCUT2D eigenvalue weighted by atomic mass is 10.2. The monoisotopic (exact) mass is 211 g/mol. The molecule has 1 aromatic heterocycles. The molecule has 0 aliphatic heterocycles. The van der Waals surface area contributed by atoms with Crippen molar-refractivity contribution in [2.24, 2.45) is 0 Å². The van der Waals surface area contributed by atoms with E-state index in [4.69, 9.17) is 9.52 Å². The number of carboxylic acids is 1. The van der Waals surface area contributed by atoms with E-state index in [-0.39, 0.29) is 6.42 Å². The van der Waals surface area contributed by atoms with Crippen molar-refractivity contribution in [1.82, 2.24) is 4.90 Å². The molecule has 0 atom stereocenters. The number of aliphatic carboxylic acids is 1. The zero-order valence-corrected chi connectivity index (χ0v) is 8.98. The van der Waals surface area contributed by atoms with Crippen LogP contribution in [0.4, 0.5) is 0 Å². The minimum atomic E-state index is -0.715. The quantitative estimate of drug-likeness (QED) is 0.700. The fourth-order valence-corrected chi connectivity index (χ4v) is 1.43. The Labute approximate surface area is 89.5 Å². The molecule has 0 radical (unpaired) electrons. The van der Waals surface area contributed by atoms with Gasteiger partial charge in [0.15, 0.2) is 0 Å². The van der Waals surface area contributed by atoms with Crippen molar-refractivity contribution >= 4 is 5.97 Å². The van der Waals surface area contributed by atoms with E-state index >= 15 is 0 Å². The molecule has 0 aliphatic carbocycles. The van der Waals surface area contributed by atoms with Crippen LogP contribution in [-0.2, 0) is 11.3 Å². The molecule has 0 aromatic carbocycles. The van der Waals surface area contributed by atoms with E-state index in [9.17, 15) is 4.79 Å². The first-order valence-corrected chi connectivity index (χ1v) is 5.10. The van der Waals surface area contributed by atoms with Crippen LogP contribution in [0.15, 0.2) is 23.0 Å². The van der Waals surface area contributed by atoms with Crippen LogP contribution in [0.5, 0.6) is 0 Å². The Morgan fingerprint density at radius 3 is 2.93 bits per heavy atom. The van der Waals surface area contributed by atoms with E-state index in [1.54, 1.807) is 12.5 Å². The first-order chi connectivity index (χ1) is 7.18. The van der Waals surface area contributed by atoms with Crippen molar-refractivity contribution in [3.05, 3.63) is 24.2 Å². The van der Waals surface area contributed by atoms with Gasteiger partial charge in [0.25, 0.3) is 0 Å². The van der Waals surface area contributed by atoms with Crippen molar-refractivity contribution in [2.75, 3.05) is 13.6 Å². The zero-order chi connectivity index (χ0) is 11.1. The van der Waals surface area contributed by atoms with Crippen LogP contribution in [0.1, 0.15) is 24.8 Å². The highest BCUT2D eigenvalue weighted by atomic mass is 16.4. The van der Waals surface area contributed by atoms with E-state index in [0.717, 1.165) is 31.5 Å². The summed E-state index contributed by atoms with van der Waals surface area (Å²) < 4.78 is 4.97. The number of hydrogen-bond donors (Lipinski definition) is 1. The van der Waals surface area contributed by atoms with Gasteiger partial charge in [-0.1, -0.05) is 0 Å². The molecule has 1 aromatic rings. The van der Waals surface area contributed by atoms with Gasteiger partial charge in [0.2, 0.25) is 0 Å². The molecule has 1 rings (SSSR count). The Kier molecular flexibility index (Phi) is 4.90. The number of nitrogens with zero attached hydrogens (tertiary/aromatic N) is 1. The molecule has 0 amide bonds. The Balaban J connectivity index is 2.08. The van der Waals surface area contributed by atoms with Crippen LogP contribution in [0.25, 0.3) is 0 Å². The summed E-state index contributed by atoms with van der Waals surface area (Å²) in [5, 5.41) is 8.46. The average Bonchev–Trinajstić information content (AvgIpc) is 2.64. The maximum atomic E-state index is 10.3. The number of rotatable bonds is 7. The maximum Gasteiger partial charge on any atom is 0.303 e. The molecule has 0 bridgehead atoms. The topological polar surface area (TPSA) is 53.7 Å². The number of furan rings is 1. The van der Waals surface area contributed by atoms with E-state index < -0.39 is 5.97 Å². The second kappa shape index (κ2) is 6.24. The lowest BCUT2D eigenvalue weighted by Gasteiger charge is -2.14. The molecule has 84 valence electrons. The first-order valence-electron chi connectivity index (χ1n) is 5.10. The van der Waals surface area contributed by atoms with Crippen LogP contribution >= 0.6 is 0 Å². The Hall–Kier alpha value is -1.29. The number of carboxylic acid groups (broad SMARTS) is 1. The number of unbranched alkanes of at least 4 members (excludes halogenated alkanes) is 1. The second-order valence-corrected chi connectivity index (χ2v) is 3.72. The van der Waals surface area contributed by atoms with Crippen LogP contribution in [0.2, 0.25) is 0 Å². The van der Waals surface area contributed by atoms with Crippen LogP contribution in [0.3, 0.4) is 0 Å². The first kappa shape index (κ1) is 11.8. The molecule has 0 saturated heterocycles. The lowest BCUT2D eigenvalue weighted by molar-refractivity contribution is -0.137. The van der Waals surface area contributed by atoms with Gasteiger partial charge in [-0.15, -0.1) is 0 Å². The van der Waals surface area contributed by atoms with E-state index in [0.29, 0.717) is 0 Å². The minimum absolute atomic E-state index is 0.263. The minimum Gasteiger partial charge on any atom is -0.481 e.